The quantitative estimate of drug-likeness (QED) is 0.399. The van der Waals surface area contributed by atoms with Gasteiger partial charge in [-0.1, -0.05) is 0 Å². The zero-order valence-corrected chi connectivity index (χ0v) is 6.65. The Morgan fingerprint density at radius 2 is 2.57 bits per heavy atom. The number of hydrogen-bond acceptors (Lipinski definition) is 2. The second-order valence-corrected chi connectivity index (χ2v) is 2.56. The largest absolute Gasteiger partial charge is 0.331 e. The first-order chi connectivity index (χ1) is 3.31. The van der Waals surface area contributed by atoms with Gasteiger partial charge in [0.2, 0.25) is 7.41 Å². The van der Waals surface area contributed by atoms with Crippen molar-refractivity contribution in [2.45, 2.75) is 0 Å². The minimum absolute atomic E-state index is 1.40. The van der Waals surface area contributed by atoms with E-state index in [9.17, 15) is 0 Å². The van der Waals surface area contributed by atoms with Crippen LogP contribution < -0.4 is 0 Å². The average Bonchev–Trinajstić information content (AvgIpc) is 1.68. The Kier molecular flexibility index (Phi) is 5.71. The van der Waals surface area contributed by atoms with Gasteiger partial charge in [-0.2, -0.15) is 0 Å². The van der Waals surface area contributed by atoms with Crippen molar-refractivity contribution < 1.29 is 0 Å². The molecule has 0 aliphatic heterocycles. The van der Waals surface area contributed by atoms with Crippen LogP contribution in [-0.2, 0) is 0 Å². The molecule has 5 heteroatoms. The van der Waals surface area contributed by atoms with Gasteiger partial charge in [0.25, 0.3) is 0 Å². The van der Waals surface area contributed by atoms with Crippen LogP contribution in [-0.4, -0.2) is 19.5 Å². The normalized spacial score (nSPS) is 8.86. The zero-order chi connectivity index (χ0) is 5.70. The number of hydrogen-bond donors (Lipinski definition) is 0. The summed E-state index contributed by atoms with van der Waals surface area (Å²) in [6, 6.07) is 0. The summed E-state index contributed by atoms with van der Waals surface area (Å²) in [4.78, 5) is 0. The molecule has 0 heterocycles. The van der Waals surface area contributed by atoms with Crippen molar-refractivity contribution in [3.8, 4) is 0 Å². The molecule has 0 aromatic heterocycles. The van der Waals surface area contributed by atoms with Gasteiger partial charge in [-0.3, -0.25) is 0 Å². The van der Waals surface area contributed by atoms with Crippen molar-refractivity contribution >= 4 is 45.7 Å². The fourth-order valence-electron chi connectivity index (χ4n) is 0.127. The van der Waals surface area contributed by atoms with Gasteiger partial charge in [0.15, 0.2) is 7.98 Å². The standard InChI is InChI=1S/C2H3B2INS/c1-2-4-6(3)7-5/h2H,1H2. The van der Waals surface area contributed by atoms with Gasteiger partial charge < -0.3 is 4.13 Å². The SMILES string of the molecule is [B]N([B]C=C)SI. The molecule has 0 bridgehead atoms. The monoisotopic (exact) mass is 222 g/mol. The highest BCUT2D eigenvalue weighted by molar-refractivity contribution is 14.2. The lowest BCUT2D eigenvalue weighted by Gasteiger charge is -2.04. The van der Waals surface area contributed by atoms with E-state index in [4.69, 9.17) is 7.98 Å². The van der Waals surface area contributed by atoms with Gasteiger partial charge in [0.1, 0.15) is 0 Å². The van der Waals surface area contributed by atoms with Crippen LogP contribution in [0.15, 0.2) is 12.6 Å². The molecule has 0 unspecified atom stereocenters. The third kappa shape index (κ3) is 4.77. The lowest BCUT2D eigenvalue weighted by atomic mass is 9.93. The Hall–Kier alpha value is 0.910. The first-order valence-corrected chi connectivity index (χ1v) is 4.91. The van der Waals surface area contributed by atoms with E-state index in [1.807, 2.05) is 0 Å². The minimum Gasteiger partial charge on any atom is -0.331 e. The van der Waals surface area contributed by atoms with Crippen LogP contribution in [0.4, 0.5) is 0 Å². The molecule has 1 nitrogen and oxygen atoms in total. The second kappa shape index (κ2) is 5.05. The van der Waals surface area contributed by atoms with E-state index in [1.54, 1.807) is 13.4 Å². The molecule has 3 radical (unpaired) electrons. The molecular weight excluding hydrogens is 219 g/mol. The van der Waals surface area contributed by atoms with Gasteiger partial charge in [0, 0.05) is 21.2 Å². The summed E-state index contributed by atoms with van der Waals surface area (Å²) in [5, 5.41) is 0. The molecule has 0 spiro atoms. The van der Waals surface area contributed by atoms with E-state index in [0.717, 1.165) is 0 Å². The highest BCUT2D eigenvalue weighted by Gasteiger charge is 1.90. The van der Waals surface area contributed by atoms with Crippen molar-refractivity contribution in [1.82, 2.24) is 4.13 Å². The fraction of sp³-hybridized carbons (Fsp3) is 0. The van der Waals surface area contributed by atoms with Crippen LogP contribution >= 0.6 is 30.3 Å². The average molecular weight is 222 g/mol. The van der Waals surface area contributed by atoms with Gasteiger partial charge >= 0.3 is 0 Å². The van der Waals surface area contributed by atoms with E-state index in [-0.39, 0.29) is 0 Å². The fourth-order valence-corrected chi connectivity index (χ4v) is 0.653. The first-order valence-electron chi connectivity index (χ1n) is 1.59. The maximum atomic E-state index is 5.25. The summed E-state index contributed by atoms with van der Waals surface area (Å²) in [5.41, 5.74) is 0. The van der Waals surface area contributed by atoms with Gasteiger partial charge in [0.05, 0.1) is 0 Å². The van der Waals surface area contributed by atoms with Gasteiger partial charge in [-0.25, -0.2) is 0 Å². The molecule has 0 amide bonds. The van der Waals surface area contributed by atoms with Crippen molar-refractivity contribution in [2.24, 2.45) is 0 Å². The van der Waals surface area contributed by atoms with Gasteiger partial charge in [-0.15, -0.1) is 12.6 Å². The maximum Gasteiger partial charge on any atom is 0.237 e. The molecule has 0 fully saturated rings. The van der Waals surface area contributed by atoms with Crippen LogP contribution in [0.3, 0.4) is 0 Å². The summed E-state index contributed by atoms with van der Waals surface area (Å²) in [6.07, 6.45) is 0. The van der Waals surface area contributed by atoms with E-state index in [1.165, 1.54) is 13.2 Å². The van der Waals surface area contributed by atoms with Crippen molar-refractivity contribution in [3.05, 3.63) is 12.6 Å². The minimum atomic E-state index is 1.40. The molecule has 0 saturated carbocycles. The van der Waals surface area contributed by atoms with E-state index in [2.05, 4.69) is 27.8 Å². The van der Waals surface area contributed by atoms with Crippen molar-refractivity contribution in [1.29, 1.82) is 0 Å². The van der Waals surface area contributed by atoms with Crippen molar-refractivity contribution in [3.63, 3.8) is 0 Å². The topological polar surface area (TPSA) is 3.24 Å². The lowest BCUT2D eigenvalue weighted by Crippen LogP contribution is -2.11. The molecular formula is C2H3B2INS. The third-order valence-electron chi connectivity index (χ3n) is 0.332. The Morgan fingerprint density at radius 1 is 2.00 bits per heavy atom. The van der Waals surface area contributed by atoms with Crippen LogP contribution in [0, 0.1) is 0 Å². The smallest absolute Gasteiger partial charge is 0.237 e. The summed E-state index contributed by atoms with van der Waals surface area (Å²) < 4.78 is 1.47. The number of rotatable bonds is 3. The Balaban J connectivity index is 2.98. The predicted molar refractivity (Wildman–Crippen MR) is 45.2 cm³/mol. The third-order valence-corrected chi connectivity index (χ3v) is 1.98. The predicted octanol–water partition coefficient (Wildman–Crippen LogP) is 1.13. The Labute approximate surface area is 62.3 Å². The molecule has 0 aliphatic rings. The molecule has 0 aromatic rings. The summed E-state index contributed by atoms with van der Waals surface area (Å²) in [5.74, 6) is 1.63. The first kappa shape index (κ1) is 7.91. The number of nitrogens with zero attached hydrogens (tertiary/aromatic N) is 1. The second-order valence-electron chi connectivity index (χ2n) is 0.814. The van der Waals surface area contributed by atoms with E-state index in [0.29, 0.717) is 0 Å². The van der Waals surface area contributed by atoms with Crippen LogP contribution in [0.25, 0.3) is 0 Å². The Morgan fingerprint density at radius 3 is 2.71 bits per heavy atom. The molecule has 0 rings (SSSR count). The van der Waals surface area contributed by atoms with Gasteiger partial charge in [-0.05, 0) is 9.12 Å². The molecule has 0 N–H and O–H groups in total. The molecule has 0 saturated heterocycles. The van der Waals surface area contributed by atoms with Crippen LogP contribution in [0.1, 0.15) is 0 Å². The molecule has 0 atom stereocenters. The van der Waals surface area contributed by atoms with Crippen LogP contribution in [0.2, 0.25) is 0 Å². The Bertz CT molecular complexity index is 61.7. The van der Waals surface area contributed by atoms with E-state index < -0.39 is 0 Å². The lowest BCUT2D eigenvalue weighted by molar-refractivity contribution is 1.21. The number of halogens is 1. The molecule has 35 valence electrons. The van der Waals surface area contributed by atoms with Crippen molar-refractivity contribution in [2.75, 3.05) is 0 Å². The summed E-state index contributed by atoms with van der Waals surface area (Å²) in [6.45, 7) is 3.45. The maximum absolute atomic E-state index is 5.25. The summed E-state index contributed by atoms with van der Waals surface area (Å²) in [7, 11) is 8.33. The molecule has 0 aromatic carbocycles. The van der Waals surface area contributed by atoms with E-state index >= 15 is 0 Å². The zero-order valence-electron chi connectivity index (χ0n) is 3.67. The summed E-state index contributed by atoms with van der Waals surface area (Å²) >= 11 is 2.08. The highest BCUT2D eigenvalue weighted by atomic mass is 127. The highest BCUT2D eigenvalue weighted by Crippen LogP contribution is 2.12. The van der Waals surface area contributed by atoms with Crippen LogP contribution in [0.5, 0.6) is 0 Å². The molecule has 7 heavy (non-hydrogen) atoms. The molecule has 0 aliphatic carbocycles.